The Morgan fingerprint density at radius 3 is 2.70 bits per heavy atom. The van der Waals surface area contributed by atoms with Gasteiger partial charge in [0.2, 0.25) is 0 Å². The molecule has 1 heterocycles. The molecule has 0 spiro atoms. The van der Waals surface area contributed by atoms with Gasteiger partial charge < -0.3 is 9.84 Å². The van der Waals surface area contributed by atoms with E-state index in [1.807, 2.05) is 6.92 Å². The number of aliphatic hydroxyl groups is 1. The predicted molar refractivity (Wildman–Crippen MR) is 35.3 cm³/mol. The molecule has 0 amide bonds. The molecule has 3 heteroatoms. The Hall–Kier alpha value is -0.570. The molecule has 1 rings (SSSR count). The van der Waals surface area contributed by atoms with Crippen molar-refractivity contribution in [1.29, 1.82) is 0 Å². The van der Waals surface area contributed by atoms with Crippen molar-refractivity contribution in [2.45, 2.75) is 32.5 Å². The van der Waals surface area contributed by atoms with Gasteiger partial charge in [-0.1, -0.05) is 6.92 Å². The van der Waals surface area contributed by atoms with E-state index in [9.17, 15) is 9.90 Å². The molecule has 0 aromatic carbocycles. The standard InChI is InChI=1S/C7H12O3/c1-4-5(2)10-7(9)3-6(4)8/h4-6,8H,3H2,1-2H3/t4-,5+,6+/m0/s1. The Kier molecular flexibility index (Phi) is 1.94. The summed E-state index contributed by atoms with van der Waals surface area (Å²) < 4.78 is 4.87. The van der Waals surface area contributed by atoms with Crippen LogP contribution in [0.1, 0.15) is 20.3 Å². The fourth-order valence-corrected chi connectivity index (χ4v) is 1.03. The first-order valence-electron chi connectivity index (χ1n) is 3.49. The van der Waals surface area contributed by atoms with Crippen LogP contribution in [0.25, 0.3) is 0 Å². The number of hydrogen-bond donors (Lipinski definition) is 1. The molecule has 58 valence electrons. The lowest BCUT2D eigenvalue weighted by Crippen LogP contribution is -2.38. The molecule has 1 N–H and O–H groups in total. The normalized spacial score (nSPS) is 41.1. The topological polar surface area (TPSA) is 46.5 Å². The number of carbonyl (C=O) groups excluding carboxylic acids is 1. The second-order valence-electron chi connectivity index (χ2n) is 2.83. The van der Waals surface area contributed by atoms with Crippen molar-refractivity contribution < 1.29 is 14.6 Å². The zero-order valence-electron chi connectivity index (χ0n) is 6.20. The molecule has 1 aliphatic heterocycles. The highest BCUT2D eigenvalue weighted by Gasteiger charge is 2.31. The van der Waals surface area contributed by atoms with Crippen LogP contribution < -0.4 is 0 Å². The van der Waals surface area contributed by atoms with Crippen LogP contribution in [0.15, 0.2) is 0 Å². The van der Waals surface area contributed by atoms with Crippen molar-refractivity contribution in [1.82, 2.24) is 0 Å². The Bertz CT molecular complexity index is 130. The van der Waals surface area contributed by atoms with E-state index >= 15 is 0 Å². The highest BCUT2D eigenvalue weighted by molar-refractivity contribution is 5.71. The van der Waals surface area contributed by atoms with Crippen LogP contribution in [-0.4, -0.2) is 23.3 Å². The first-order valence-corrected chi connectivity index (χ1v) is 3.49. The van der Waals surface area contributed by atoms with Gasteiger partial charge in [-0.05, 0) is 6.92 Å². The summed E-state index contributed by atoms with van der Waals surface area (Å²) in [6.07, 6.45) is -0.515. The van der Waals surface area contributed by atoms with Crippen LogP contribution in [0.2, 0.25) is 0 Å². The summed E-state index contributed by atoms with van der Waals surface area (Å²) >= 11 is 0. The van der Waals surface area contributed by atoms with E-state index in [1.165, 1.54) is 0 Å². The second kappa shape index (κ2) is 2.58. The summed E-state index contributed by atoms with van der Waals surface area (Å²) in [5, 5.41) is 9.22. The SMILES string of the molecule is C[C@@H]1[C@H](O)CC(=O)O[C@@H]1C. The van der Waals surface area contributed by atoms with Gasteiger partial charge in [-0.25, -0.2) is 0 Å². The molecule has 1 aliphatic rings. The zero-order chi connectivity index (χ0) is 7.72. The number of hydrogen-bond acceptors (Lipinski definition) is 3. The van der Waals surface area contributed by atoms with Gasteiger partial charge >= 0.3 is 5.97 Å². The lowest BCUT2D eigenvalue weighted by Gasteiger charge is -2.29. The van der Waals surface area contributed by atoms with Crippen molar-refractivity contribution in [3.05, 3.63) is 0 Å². The van der Waals surface area contributed by atoms with E-state index in [0.29, 0.717) is 0 Å². The second-order valence-corrected chi connectivity index (χ2v) is 2.83. The smallest absolute Gasteiger partial charge is 0.308 e. The van der Waals surface area contributed by atoms with Gasteiger partial charge in [0.25, 0.3) is 0 Å². The highest BCUT2D eigenvalue weighted by Crippen LogP contribution is 2.20. The molecule has 0 radical (unpaired) electrons. The number of rotatable bonds is 0. The Balaban J connectivity index is 2.57. The average molecular weight is 144 g/mol. The van der Waals surface area contributed by atoms with Gasteiger partial charge in [-0.2, -0.15) is 0 Å². The fourth-order valence-electron chi connectivity index (χ4n) is 1.03. The summed E-state index contributed by atoms with van der Waals surface area (Å²) in [5.41, 5.74) is 0. The monoisotopic (exact) mass is 144 g/mol. The van der Waals surface area contributed by atoms with Crippen LogP contribution in [0.3, 0.4) is 0 Å². The molecular weight excluding hydrogens is 132 g/mol. The molecule has 10 heavy (non-hydrogen) atoms. The first kappa shape index (κ1) is 7.54. The van der Waals surface area contributed by atoms with Gasteiger partial charge in [0.15, 0.2) is 0 Å². The van der Waals surface area contributed by atoms with Gasteiger partial charge in [0.1, 0.15) is 6.10 Å². The molecule has 0 unspecified atom stereocenters. The average Bonchev–Trinajstić information content (AvgIpc) is 1.82. The molecule has 3 nitrogen and oxygen atoms in total. The lowest BCUT2D eigenvalue weighted by atomic mass is 9.94. The molecule has 0 saturated carbocycles. The summed E-state index contributed by atoms with van der Waals surface area (Å²) in [6, 6.07) is 0. The van der Waals surface area contributed by atoms with Crippen LogP contribution in [0, 0.1) is 5.92 Å². The highest BCUT2D eigenvalue weighted by atomic mass is 16.5. The van der Waals surface area contributed by atoms with Gasteiger partial charge in [0.05, 0.1) is 12.5 Å². The summed E-state index contributed by atoms with van der Waals surface area (Å²) in [7, 11) is 0. The van der Waals surface area contributed by atoms with E-state index in [1.54, 1.807) is 6.92 Å². The first-order chi connectivity index (χ1) is 4.61. The minimum absolute atomic E-state index is 0.0673. The van der Waals surface area contributed by atoms with Crippen molar-refractivity contribution >= 4 is 5.97 Å². The maximum absolute atomic E-state index is 10.6. The molecule has 0 aliphatic carbocycles. The third-order valence-electron chi connectivity index (χ3n) is 2.04. The van der Waals surface area contributed by atoms with E-state index in [4.69, 9.17) is 4.74 Å². The zero-order valence-corrected chi connectivity index (χ0v) is 6.20. The van der Waals surface area contributed by atoms with Crippen LogP contribution in [-0.2, 0) is 9.53 Å². The molecule has 3 atom stereocenters. The molecule has 0 bridgehead atoms. The van der Waals surface area contributed by atoms with E-state index in [-0.39, 0.29) is 24.4 Å². The maximum atomic E-state index is 10.6. The minimum Gasteiger partial charge on any atom is -0.462 e. The molecule has 0 aromatic rings. The molecule has 0 aromatic heterocycles. The summed E-state index contributed by atoms with van der Waals surface area (Å²) in [5.74, 6) is -0.226. The van der Waals surface area contributed by atoms with Gasteiger partial charge in [0, 0.05) is 5.92 Å². The van der Waals surface area contributed by atoms with Crippen molar-refractivity contribution in [2.24, 2.45) is 5.92 Å². The van der Waals surface area contributed by atoms with E-state index in [0.717, 1.165) is 0 Å². The number of carbonyl (C=O) groups is 1. The Labute approximate surface area is 60.0 Å². The number of cyclic esters (lactones) is 1. The Morgan fingerprint density at radius 1 is 1.60 bits per heavy atom. The third-order valence-corrected chi connectivity index (χ3v) is 2.04. The quantitative estimate of drug-likeness (QED) is 0.498. The number of aliphatic hydroxyl groups excluding tert-OH is 1. The van der Waals surface area contributed by atoms with Crippen LogP contribution in [0.5, 0.6) is 0 Å². The van der Waals surface area contributed by atoms with Crippen molar-refractivity contribution in [2.75, 3.05) is 0 Å². The molecule has 1 fully saturated rings. The summed E-state index contributed by atoms with van der Waals surface area (Å²) in [6.45, 7) is 3.67. The van der Waals surface area contributed by atoms with E-state index < -0.39 is 6.10 Å². The Morgan fingerprint density at radius 2 is 2.20 bits per heavy atom. The molecular formula is C7H12O3. The van der Waals surface area contributed by atoms with Gasteiger partial charge in [-0.15, -0.1) is 0 Å². The van der Waals surface area contributed by atoms with Crippen molar-refractivity contribution in [3.8, 4) is 0 Å². The van der Waals surface area contributed by atoms with Crippen LogP contribution >= 0.6 is 0 Å². The maximum Gasteiger partial charge on any atom is 0.308 e. The summed E-state index contributed by atoms with van der Waals surface area (Å²) in [4.78, 5) is 10.6. The number of ether oxygens (including phenoxy) is 1. The van der Waals surface area contributed by atoms with Gasteiger partial charge in [-0.3, -0.25) is 4.79 Å². The van der Waals surface area contributed by atoms with Crippen LogP contribution in [0.4, 0.5) is 0 Å². The predicted octanol–water partition coefficient (Wildman–Crippen LogP) is 0.319. The third kappa shape index (κ3) is 1.29. The fraction of sp³-hybridized carbons (Fsp3) is 0.857. The minimum atomic E-state index is -0.517. The molecule has 1 saturated heterocycles. The largest absolute Gasteiger partial charge is 0.462 e. The van der Waals surface area contributed by atoms with Crippen molar-refractivity contribution in [3.63, 3.8) is 0 Å². The lowest BCUT2D eigenvalue weighted by molar-refractivity contribution is -0.165. The van der Waals surface area contributed by atoms with E-state index in [2.05, 4.69) is 0 Å². The number of esters is 1.